The number of aliphatic hydroxyl groups is 1. The Morgan fingerprint density at radius 2 is 1.64 bits per heavy atom. The summed E-state index contributed by atoms with van der Waals surface area (Å²) in [5.74, 6) is -0.330. The van der Waals surface area contributed by atoms with E-state index in [-0.39, 0.29) is 12.6 Å². The van der Waals surface area contributed by atoms with Gasteiger partial charge in [0.2, 0.25) is 0 Å². The van der Waals surface area contributed by atoms with Crippen molar-refractivity contribution in [2.45, 2.75) is 39.5 Å². The molecule has 0 amide bonds. The van der Waals surface area contributed by atoms with E-state index in [0.29, 0.717) is 13.2 Å². The minimum atomic E-state index is -0.330. The van der Waals surface area contributed by atoms with Gasteiger partial charge in [-0.2, -0.15) is 0 Å². The van der Waals surface area contributed by atoms with Crippen LogP contribution in [0.4, 0.5) is 0 Å². The van der Waals surface area contributed by atoms with Crippen LogP contribution in [0.15, 0.2) is 49.6 Å². The molecule has 142 valence electrons. The largest absolute Gasteiger partial charge is 0.463 e. The zero-order chi connectivity index (χ0) is 19.2. The van der Waals surface area contributed by atoms with Gasteiger partial charge in [0.05, 0.1) is 19.8 Å². The second-order valence-electron chi connectivity index (χ2n) is 5.03. The highest BCUT2D eigenvalue weighted by molar-refractivity contribution is 5.81. The van der Waals surface area contributed by atoms with Crippen molar-refractivity contribution in [3.63, 3.8) is 0 Å². The molecule has 4 heteroatoms. The fourth-order valence-corrected chi connectivity index (χ4v) is 1.38. The third-order valence-corrected chi connectivity index (χ3v) is 2.82. The maximum atomic E-state index is 10.3. The second-order valence-corrected chi connectivity index (χ2v) is 5.03. The van der Waals surface area contributed by atoms with Crippen LogP contribution in [0.1, 0.15) is 45.1 Å². The quantitative estimate of drug-likeness (QED) is 0.379. The highest BCUT2D eigenvalue weighted by Gasteiger charge is 1.91. The Hall–Kier alpha value is -1.91. The molecule has 0 saturated heterocycles. The molecule has 0 aliphatic heterocycles. The maximum Gasteiger partial charge on any atom is 0.330 e. The van der Waals surface area contributed by atoms with E-state index in [0.717, 1.165) is 32.3 Å². The minimum absolute atomic E-state index is 0.143. The van der Waals surface area contributed by atoms with E-state index < -0.39 is 0 Å². The van der Waals surface area contributed by atoms with Crippen LogP contribution in [0.2, 0.25) is 0 Å². The SMILES string of the molecule is C=CC(=O)OCCCC.C=Cc1ccccc1.CCCCOCCO. The molecule has 1 aromatic rings. The molecule has 0 aliphatic carbocycles. The van der Waals surface area contributed by atoms with E-state index in [4.69, 9.17) is 9.84 Å². The number of unbranched alkanes of at least 4 members (excludes halogenated alkanes) is 2. The number of benzene rings is 1. The number of esters is 1. The van der Waals surface area contributed by atoms with Gasteiger partial charge in [0.15, 0.2) is 0 Å². The van der Waals surface area contributed by atoms with Gasteiger partial charge in [0, 0.05) is 12.7 Å². The fraction of sp³-hybridized carbons (Fsp3) is 0.476. The average molecular weight is 350 g/mol. The predicted octanol–water partition coefficient (Wildman–Crippen LogP) is 4.64. The Morgan fingerprint density at radius 1 is 1.04 bits per heavy atom. The van der Waals surface area contributed by atoms with Gasteiger partial charge in [-0.15, -0.1) is 0 Å². The standard InChI is InChI=1S/C8H8.C7H12O2.C6H14O2/c1-2-8-6-4-3-5-7-8;1-3-5-6-9-7(8)4-2;1-2-3-5-8-6-4-7/h2-7H,1H2;4H,2-3,5-6H2,1H3;7H,2-6H2,1H3. The first kappa shape index (κ1) is 25.3. The molecule has 0 bridgehead atoms. The van der Waals surface area contributed by atoms with Crippen molar-refractivity contribution in [3.05, 3.63) is 55.1 Å². The second kappa shape index (κ2) is 22.1. The first-order valence-corrected chi connectivity index (χ1v) is 8.81. The number of rotatable bonds is 10. The number of hydrogen-bond donors (Lipinski definition) is 1. The zero-order valence-corrected chi connectivity index (χ0v) is 15.8. The molecule has 0 saturated carbocycles. The van der Waals surface area contributed by atoms with Crippen molar-refractivity contribution in [2.24, 2.45) is 0 Å². The van der Waals surface area contributed by atoms with E-state index in [1.54, 1.807) is 0 Å². The highest BCUT2D eigenvalue weighted by atomic mass is 16.5. The molecule has 0 aromatic heterocycles. The van der Waals surface area contributed by atoms with Crippen molar-refractivity contribution < 1.29 is 19.4 Å². The van der Waals surface area contributed by atoms with Crippen LogP contribution in [0.5, 0.6) is 0 Å². The predicted molar refractivity (Wildman–Crippen MR) is 105 cm³/mol. The summed E-state index contributed by atoms with van der Waals surface area (Å²) in [4.78, 5) is 10.3. The monoisotopic (exact) mass is 350 g/mol. The van der Waals surface area contributed by atoms with Crippen molar-refractivity contribution in [1.82, 2.24) is 0 Å². The number of carbonyl (C=O) groups is 1. The summed E-state index contributed by atoms with van der Waals surface area (Å²) in [5.41, 5.74) is 1.17. The molecule has 0 atom stereocenters. The van der Waals surface area contributed by atoms with Gasteiger partial charge >= 0.3 is 5.97 Å². The molecule has 0 spiro atoms. The molecule has 1 aromatic carbocycles. The van der Waals surface area contributed by atoms with Crippen LogP contribution in [0, 0.1) is 0 Å². The number of ether oxygens (including phenoxy) is 2. The van der Waals surface area contributed by atoms with Crippen LogP contribution >= 0.6 is 0 Å². The molecule has 0 aliphatic rings. The Kier molecular flexibility index (Phi) is 22.4. The molecule has 1 rings (SSSR count). The summed E-state index contributed by atoms with van der Waals surface area (Å²) < 4.78 is 9.65. The highest BCUT2D eigenvalue weighted by Crippen LogP contribution is 1.97. The maximum absolute atomic E-state index is 10.3. The van der Waals surface area contributed by atoms with Gasteiger partial charge in [-0.1, -0.05) is 76.3 Å². The van der Waals surface area contributed by atoms with Crippen molar-refractivity contribution in [1.29, 1.82) is 0 Å². The summed E-state index contributed by atoms with van der Waals surface area (Å²) in [6, 6.07) is 10.0. The Bertz CT molecular complexity index is 409. The van der Waals surface area contributed by atoms with Crippen molar-refractivity contribution in [2.75, 3.05) is 26.4 Å². The number of aliphatic hydroxyl groups excluding tert-OH is 1. The summed E-state index contributed by atoms with van der Waals surface area (Å²) in [6.07, 6.45) is 7.24. The van der Waals surface area contributed by atoms with Gasteiger partial charge in [0.1, 0.15) is 0 Å². The summed E-state index contributed by atoms with van der Waals surface area (Å²) in [7, 11) is 0. The molecular formula is C21H34O4. The molecule has 25 heavy (non-hydrogen) atoms. The summed E-state index contributed by atoms with van der Waals surface area (Å²) in [6.45, 7) is 13.0. The average Bonchev–Trinajstić information content (AvgIpc) is 2.67. The van der Waals surface area contributed by atoms with Gasteiger partial charge < -0.3 is 14.6 Å². The molecular weight excluding hydrogens is 316 g/mol. The molecule has 0 heterocycles. The fourth-order valence-electron chi connectivity index (χ4n) is 1.38. The molecule has 0 fully saturated rings. The molecule has 1 N–H and O–H groups in total. The van der Waals surface area contributed by atoms with Crippen LogP contribution in [0.3, 0.4) is 0 Å². The normalized spacial score (nSPS) is 8.92. The van der Waals surface area contributed by atoms with Crippen LogP contribution in [-0.4, -0.2) is 37.5 Å². The van der Waals surface area contributed by atoms with Gasteiger partial charge in [-0.05, 0) is 18.4 Å². The Labute approximate surface area is 153 Å². The summed E-state index contributed by atoms with van der Waals surface area (Å²) >= 11 is 0. The lowest BCUT2D eigenvalue weighted by Crippen LogP contribution is -2.00. The van der Waals surface area contributed by atoms with E-state index in [1.165, 1.54) is 11.6 Å². The Balaban J connectivity index is 0. The number of carbonyl (C=O) groups excluding carboxylic acids is 1. The first-order valence-electron chi connectivity index (χ1n) is 8.81. The topological polar surface area (TPSA) is 55.8 Å². The van der Waals surface area contributed by atoms with Gasteiger partial charge in [-0.25, -0.2) is 4.79 Å². The molecule has 0 unspecified atom stereocenters. The third-order valence-electron chi connectivity index (χ3n) is 2.82. The summed E-state index contributed by atoms with van der Waals surface area (Å²) in [5, 5.41) is 8.24. The van der Waals surface area contributed by atoms with Crippen LogP contribution < -0.4 is 0 Å². The van der Waals surface area contributed by atoms with Crippen LogP contribution in [0.25, 0.3) is 6.08 Å². The van der Waals surface area contributed by atoms with Gasteiger partial charge in [-0.3, -0.25) is 0 Å². The van der Waals surface area contributed by atoms with E-state index in [9.17, 15) is 4.79 Å². The van der Waals surface area contributed by atoms with Gasteiger partial charge in [0.25, 0.3) is 0 Å². The zero-order valence-electron chi connectivity index (χ0n) is 15.8. The van der Waals surface area contributed by atoms with E-state index in [2.05, 4.69) is 24.8 Å². The lowest BCUT2D eigenvalue weighted by molar-refractivity contribution is -0.137. The first-order chi connectivity index (χ1) is 12.2. The molecule has 0 radical (unpaired) electrons. The molecule has 4 nitrogen and oxygen atoms in total. The lowest BCUT2D eigenvalue weighted by atomic mass is 10.2. The van der Waals surface area contributed by atoms with Crippen molar-refractivity contribution in [3.8, 4) is 0 Å². The smallest absolute Gasteiger partial charge is 0.330 e. The van der Waals surface area contributed by atoms with E-state index in [1.807, 2.05) is 43.3 Å². The lowest BCUT2D eigenvalue weighted by Gasteiger charge is -1.97. The Morgan fingerprint density at radius 3 is 2.08 bits per heavy atom. The van der Waals surface area contributed by atoms with Crippen LogP contribution in [-0.2, 0) is 14.3 Å². The van der Waals surface area contributed by atoms with Crippen molar-refractivity contribution >= 4 is 12.0 Å². The van der Waals surface area contributed by atoms with E-state index >= 15 is 0 Å². The number of hydrogen-bond acceptors (Lipinski definition) is 4. The third kappa shape index (κ3) is 22.1. The minimum Gasteiger partial charge on any atom is -0.463 e.